The number of carbonyl (C=O) groups excluding carboxylic acids is 1. The van der Waals surface area contributed by atoms with E-state index >= 15 is 0 Å². The van der Waals surface area contributed by atoms with Crippen LogP contribution in [0.1, 0.15) is 22.6 Å². The second-order valence-electron chi connectivity index (χ2n) is 4.39. The summed E-state index contributed by atoms with van der Waals surface area (Å²) in [6.45, 7) is 0.555. The number of nitrogens with zero attached hydrogens (tertiary/aromatic N) is 2. The van der Waals surface area contributed by atoms with Crippen LogP contribution in [0.4, 0.5) is 0 Å². The molecule has 0 radical (unpaired) electrons. The Morgan fingerprint density at radius 3 is 2.52 bits per heavy atom. The van der Waals surface area contributed by atoms with Gasteiger partial charge in [-0.1, -0.05) is 0 Å². The number of aromatic nitrogens is 3. The summed E-state index contributed by atoms with van der Waals surface area (Å²) in [6.07, 6.45) is 2.99. The molecule has 1 aromatic heterocycles. The number of benzene rings is 1. The summed E-state index contributed by atoms with van der Waals surface area (Å²) in [6, 6.07) is 5.07. The molecule has 0 bridgehead atoms. The van der Waals surface area contributed by atoms with E-state index in [1.807, 2.05) is 0 Å². The van der Waals surface area contributed by atoms with E-state index in [1.165, 1.54) is 6.33 Å². The molecule has 2 aromatic rings. The number of aromatic amines is 1. The Hall–Kier alpha value is -2.57. The smallest absolute Gasteiger partial charge is 0.251 e. The molecule has 0 fully saturated rings. The number of hydrogen-bond donors (Lipinski definition) is 2. The number of H-pyrrole nitrogens is 1. The largest absolute Gasteiger partial charge is 0.497 e. The van der Waals surface area contributed by atoms with Crippen LogP contribution in [0.2, 0.25) is 0 Å². The Bertz CT molecular complexity index is 562. The summed E-state index contributed by atoms with van der Waals surface area (Å²) >= 11 is 0. The summed E-state index contributed by atoms with van der Waals surface area (Å²) in [4.78, 5) is 16.1. The molecule has 112 valence electrons. The van der Waals surface area contributed by atoms with Crippen molar-refractivity contribution < 1.29 is 14.3 Å². The molecule has 1 heterocycles. The summed E-state index contributed by atoms with van der Waals surface area (Å²) in [5.41, 5.74) is 0.505. The molecule has 0 aliphatic rings. The van der Waals surface area contributed by atoms with Gasteiger partial charge in [-0.2, -0.15) is 5.10 Å². The molecule has 0 saturated heterocycles. The van der Waals surface area contributed by atoms with Crippen molar-refractivity contribution in [1.82, 2.24) is 20.5 Å². The van der Waals surface area contributed by atoms with Gasteiger partial charge < -0.3 is 14.8 Å². The molecule has 1 aromatic carbocycles. The summed E-state index contributed by atoms with van der Waals surface area (Å²) in [7, 11) is 3.10. The van der Waals surface area contributed by atoms with Crippen molar-refractivity contribution in [3.63, 3.8) is 0 Å². The number of aryl methyl sites for hydroxylation is 1. The maximum atomic E-state index is 12.1. The number of rotatable bonds is 7. The van der Waals surface area contributed by atoms with Crippen LogP contribution in [0, 0.1) is 0 Å². The Labute approximate surface area is 122 Å². The van der Waals surface area contributed by atoms with E-state index in [0.717, 1.165) is 18.7 Å². The second-order valence-corrected chi connectivity index (χ2v) is 4.39. The van der Waals surface area contributed by atoms with Gasteiger partial charge in [-0.15, -0.1) is 0 Å². The highest BCUT2D eigenvalue weighted by Gasteiger charge is 2.09. The first-order valence-electron chi connectivity index (χ1n) is 6.58. The van der Waals surface area contributed by atoms with Crippen LogP contribution in [0.25, 0.3) is 0 Å². The Morgan fingerprint density at radius 2 is 1.95 bits per heavy atom. The Morgan fingerprint density at radius 1 is 1.24 bits per heavy atom. The number of amides is 1. The number of hydrogen-bond acceptors (Lipinski definition) is 5. The van der Waals surface area contributed by atoms with Crippen LogP contribution < -0.4 is 14.8 Å². The third-order valence-corrected chi connectivity index (χ3v) is 2.95. The van der Waals surface area contributed by atoms with E-state index in [-0.39, 0.29) is 5.91 Å². The topological polar surface area (TPSA) is 89.1 Å². The van der Waals surface area contributed by atoms with Crippen molar-refractivity contribution in [2.24, 2.45) is 0 Å². The molecule has 2 N–H and O–H groups in total. The van der Waals surface area contributed by atoms with Gasteiger partial charge in [0, 0.05) is 24.6 Å². The second kappa shape index (κ2) is 7.28. The molecule has 0 unspecified atom stereocenters. The third-order valence-electron chi connectivity index (χ3n) is 2.95. The minimum atomic E-state index is -0.162. The molecule has 0 spiro atoms. The van der Waals surface area contributed by atoms with E-state index in [1.54, 1.807) is 32.4 Å². The van der Waals surface area contributed by atoms with Gasteiger partial charge in [0.1, 0.15) is 23.7 Å². The van der Waals surface area contributed by atoms with E-state index in [2.05, 4.69) is 20.5 Å². The molecule has 7 nitrogen and oxygen atoms in total. The van der Waals surface area contributed by atoms with Crippen molar-refractivity contribution in [2.75, 3.05) is 20.8 Å². The fraction of sp³-hybridized carbons (Fsp3) is 0.357. The third kappa shape index (κ3) is 4.20. The molecule has 0 saturated carbocycles. The highest BCUT2D eigenvalue weighted by atomic mass is 16.5. The predicted octanol–water partition coefficient (Wildman–Crippen LogP) is 1.18. The van der Waals surface area contributed by atoms with Crippen LogP contribution in [0.15, 0.2) is 24.5 Å². The first-order chi connectivity index (χ1) is 10.2. The van der Waals surface area contributed by atoms with Crippen molar-refractivity contribution in [2.45, 2.75) is 12.8 Å². The monoisotopic (exact) mass is 290 g/mol. The van der Waals surface area contributed by atoms with Gasteiger partial charge in [0.25, 0.3) is 5.91 Å². The van der Waals surface area contributed by atoms with Crippen LogP contribution in [0.5, 0.6) is 11.5 Å². The molecule has 0 atom stereocenters. The quantitative estimate of drug-likeness (QED) is 0.748. The Balaban J connectivity index is 1.87. The molecule has 7 heteroatoms. The highest BCUT2D eigenvalue weighted by molar-refractivity contribution is 5.95. The zero-order valence-electron chi connectivity index (χ0n) is 12.0. The molecular weight excluding hydrogens is 272 g/mol. The number of nitrogens with one attached hydrogen (secondary N) is 2. The van der Waals surface area contributed by atoms with Gasteiger partial charge in [0.15, 0.2) is 0 Å². The fourth-order valence-corrected chi connectivity index (χ4v) is 1.85. The van der Waals surface area contributed by atoms with E-state index < -0.39 is 0 Å². The molecule has 21 heavy (non-hydrogen) atoms. The molecule has 1 amide bonds. The van der Waals surface area contributed by atoms with E-state index in [9.17, 15) is 4.79 Å². The van der Waals surface area contributed by atoms with Gasteiger partial charge in [-0.05, 0) is 18.6 Å². The van der Waals surface area contributed by atoms with Crippen molar-refractivity contribution in [3.05, 3.63) is 35.9 Å². The normalized spacial score (nSPS) is 10.2. The number of ether oxygens (including phenoxy) is 2. The predicted molar refractivity (Wildman–Crippen MR) is 76.6 cm³/mol. The van der Waals surface area contributed by atoms with Gasteiger partial charge in [-0.3, -0.25) is 9.89 Å². The highest BCUT2D eigenvalue weighted by Crippen LogP contribution is 2.22. The van der Waals surface area contributed by atoms with Gasteiger partial charge in [-0.25, -0.2) is 4.98 Å². The lowest BCUT2D eigenvalue weighted by Crippen LogP contribution is -2.24. The average molecular weight is 290 g/mol. The van der Waals surface area contributed by atoms with Crippen molar-refractivity contribution in [3.8, 4) is 11.5 Å². The minimum absolute atomic E-state index is 0.162. The SMILES string of the molecule is COc1cc(OC)cc(C(=O)NCCCc2ncn[nH]2)c1. The van der Waals surface area contributed by atoms with E-state index in [0.29, 0.717) is 23.6 Å². The number of carbonyl (C=O) groups is 1. The first-order valence-corrected chi connectivity index (χ1v) is 6.58. The minimum Gasteiger partial charge on any atom is -0.497 e. The standard InChI is InChI=1S/C14H18N4O3/c1-20-11-6-10(7-12(8-11)21-2)14(19)15-5-3-4-13-16-9-17-18-13/h6-9H,3-5H2,1-2H3,(H,15,19)(H,16,17,18). The Kier molecular flexibility index (Phi) is 5.14. The van der Waals surface area contributed by atoms with Crippen molar-refractivity contribution >= 4 is 5.91 Å². The van der Waals surface area contributed by atoms with Crippen LogP contribution in [-0.2, 0) is 6.42 Å². The van der Waals surface area contributed by atoms with Crippen molar-refractivity contribution in [1.29, 1.82) is 0 Å². The average Bonchev–Trinajstić information content (AvgIpc) is 3.04. The van der Waals surface area contributed by atoms with Gasteiger partial charge in [0.2, 0.25) is 0 Å². The molecule has 0 aliphatic heterocycles. The lowest BCUT2D eigenvalue weighted by Gasteiger charge is -2.09. The maximum absolute atomic E-state index is 12.1. The summed E-state index contributed by atoms with van der Waals surface area (Å²) < 4.78 is 10.3. The van der Waals surface area contributed by atoms with Crippen LogP contribution in [-0.4, -0.2) is 41.9 Å². The zero-order chi connectivity index (χ0) is 15.1. The van der Waals surface area contributed by atoms with E-state index in [4.69, 9.17) is 9.47 Å². The molecule has 2 rings (SSSR count). The molecular formula is C14H18N4O3. The number of methoxy groups -OCH3 is 2. The molecule has 0 aliphatic carbocycles. The lowest BCUT2D eigenvalue weighted by atomic mass is 10.2. The maximum Gasteiger partial charge on any atom is 0.251 e. The zero-order valence-corrected chi connectivity index (χ0v) is 12.0. The van der Waals surface area contributed by atoms with Gasteiger partial charge in [0.05, 0.1) is 14.2 Å². The van der Waals surface area contributed by atoms with Crippen LogP contribution >= 0.6 is 0 Å². The van der Waals surface area contributed by atoms with Gasteiger partial charge >= 0.3 is 0 Å². The summed E-state index contributed by atoms with van der Waals surface area (Å²) in [5.74, 6) is 1.82. The fourth-order valence-electron chi connectivity index (χ4n) is 1.85. The van der Waals surface area contributed by atoms with Crippen LogP contribution in [0.3, 0.4) is 0 Å². The first kappa shape index (κ1) is 14.8. The summed E-state index contributed by atoms with van der Waals surface area (Å²) in [5, 5.41) is 9.40. The lowest BCUT2D eigenvalue weighted by molar-refractivity contribution is 0.0952.